The van der Waals surface area contributed by atoms with Crippen LogP contribution in [0.5, 0.6) is 0 Å². The van der Waals surface area contributed by atoms with Gasteiger partial charge in [0, 0.05) is 18.3 Å². The number of rotatable bonds is 6. The molecule has 18 heavy (non-hydrogen) atoms. The maximum Gasteiger partial charge on any atom is 0.125 e. The smallest absolute Gasteiger partial charge is 0.125 e. The Balaban J connectivity index is 1.56. The molecule has 2 fully saturated rings. The number of anilines is 1. The molecule has 0 unspecified atom stereocenters. The fraction of sp³-hybridized carbons (Fsp3) is 0.571. The molecule has 2 saturated carbocycles. The Labute approximate surface area is 113 Å². The fourth-order valence-electron chi connectivity index (χ4n) is 2.63. The number of hydrogen-bond donors (Lipinski definition) is 2. The molecule has 0 saturated heterocycles. The molecule has 0 bridgehead atoms. The largest absolute Gasteiger partial charge is 0.389 e. The molecule has 1 aromatic heterocycles. The first-order chi connectivity index (χ1) is 8.74. The van der Waals surface area contributed by atoms with Gasteiger partial charge in [0.1, 0.15) is 10.8 Å². The van der Waals surface area contributed by atoms with Crippen molar-refractivity contribution in [2.45, 2.75) is 25.7 Å². The number of nitrogens with two attached hydrogens (primary N) is 1. The van der Waals surface area contributed by atoms with Crippen LogP contribution in [0, 0.1) is 17.8 Å². The van der Waals surface area contributed by atoms with E-state index in [-0.39, 0.29) is 0 Å². The molecule has 4 heteroatoms. The molecule has 2 aliphatic carbocycles. The lowest BCUT2D eigenvalue weighted by Crippen LogP contribution is -2.19. The van der Waals surface area contributed by atoms with Gasteiger partial charge in [-0.15, -0.1) is 0 Å². The summed E-state index contributed by atoms with van der Waals surface area (Å²) in [6, 6.07) is 3.90. The van der Waals surface area contributed by atoms with Gasteiger partial charge in [0.15, 0.2) is 0 Å². The van der Waals surface area contributed by atoms with Gasteiger partial charge >= 0.3 is 0 Å². The molecule has 1 aromatic rings. The predicted molar refractivity (Wildman–Crippen MR) is 77.6 cm³/mol. The van der Waals surface area contributed by atoms with Crippen LogP contribution in [0.25, 0.3) is 0 Å². The summed E-state index contributed by atoms with van der Waals surface area (Å²) in [7, 11) is 0. The minimum Gasteiger partial charge on any atom is -0.389 e. The third kappa shape index (κ3) is 2.80. The molecule has 1 heterocycles. The van der Waals surface area contributed by atoms with Gasteiger partial charge in [-0.2, -0.15) is 0 Å². The van der Waals surface area contributed by atoms with Gasteiger partial charge in [0.05, 0.1) is 0 Å². The standard InChI is InChI=1S/C14H19N3S/c15-14(18)11-5-6-13(16-7-11)17-8-12(9-1-2-9)10-3-4-10/h5-7,9-10,12H,1-4,8H2,(H2,15,18)(H,16,17). The second kappa shape index (κ2) is 4.84. The van der Waals surface area contributed by atoms with Gasteiger partial charge in [-0.1, -0.05) is 12.2 Å². The summed E-state index contributed by atoms with van der Waals surface area (Å²) in [6.45, 7) is 1.06. The first kappa shape index (κ1) is 11.9. The average Bonchev–Trinajstić information content (AvgIpc) is 3.24. The first-order valence-corrected chi connectivity index (χ1v) is 7.14. The quantitative estimate of drug-likeness (QED) is 0.773. The van der Waals surface area contributed by atoms with Crippen molar-refractivity contribution in [1.82, 2.24) is 4.98 Å². The van der Waals surface area contributed by atoms with Gasteiger partial charge in [0.25, 0.3) is 0 Å². The highest BCUT2D eigenvalue weighted by atomic mass is 32.1. The van der Waals surface area contributed by atoms with Crippen LogP contribution in [-0.4, -0.2) is 16.5 Å². The van der Waals surface area contributed by atoms with E-state index >= 15 is 0 Å². The monoisotopic (exact) mass is 261 g/mol. The van der Waals surface area contributed by atoms with Crippen molar-refractivity contribution in [2.24, 2.45) is 23.5 Å². The minimum absolute atomic E-state index is 0.405. The van der Waals surface area contributed by atoms with Crippen LogP contribution >= 0.6 is 12.2 Å². The van der Waals surface area contributed by atoms with Crippen LogP contribution in [0.15, 0.2) is 18.3 Å². The molecule has 3 N–H and O–H groups in total. The zero-order valence-electron chi connectivity index (χ0n) is 10.4. The Bertz CT molecular complexity index is 423. The van der Waals surface area contributed by atoms with Crippen molar-refractivity contribution in [3.63, 3.8) is 0 Å². The van der Waals surface area contributed by atoms with Crippen LogP contribution < -0.4 is 11.1 Å². The Kier molecular flexibility index (Phi) is 3.20. The minimum atomic E-state index is 0.405. The molecule has 0 radical (unpaired) electrons. The van der Waals surface area contributed by atoms with E-state index in [0.717, 1.165) is 35.7 Å². The molecule has 96 valence electrons. The molecule has 3 nitrogen and oxygen atoms in total. The first-order valence-electron chi connectivity index (χ1n) is 6.74. The van der Waals surface area contributed by atoms with Crippen LogP contribution in [-0.2, 0) is 0 Å². The van der Waals surface area contributed by atoms with Crippen molar-refractivity contribution in [2.75, 3.05) is 11.9 Å². The Morgan fingerprint density at radius 2 is 2.00 bits per heavy atom. The van der Waals surface area contributed by atoms with E-state index in [0.29, 0.717) is 4.99 Å². The summed E-state index contributed by atoms with van der Waals surface area (Å²) < 4.78 is 0. The van der Waals surface area contributed by atoms with Crippen molar-refractivity contribution in [1.29, 1.82) is 0 Å². The average molecular weight is 261 g/mol. The highest BCUT2D eigenvalue weighted by molar-refractivity contribution is 7.80. The molecular weight excluding hydrogens is 242 g/mol. The summed E-state index contributed by atoms with van der Waals surface area (Å²) in [5.74, 6) is 3.74. The summed E-state index contributed by atoms with van der Waals surface area (Å²) in [5.41, 5.74) is 6.38. The maximum absolute atomic E-state index is 5.55. The van der Waals surface area contributed by atoms with Crippen LogP contribution in [0.2, 0.25) is 0 Å². The van der Waals surface area contributed by atoms with Gasteiger partial charge < -0.3 is 11.1 Å². The topological polar surface area (TPSA) is 50.9 Å². The van der Waals surface area contributed by atoms with Crippen LogP contribution in [0.1, 0.15) is 31.2 Å². The summed E-state index contributed by atoms with van der Waals surface area (Å²) in [5, 5.41) is 3.46. The van der Waals surface area contributed by atoms with Gasteiger partial charge in [-0.05, 0) is 55.6 Å². The molecule has 0 aliphatic heterocycles. The van der Waals surface area contributed by atoms with Crippen LogP contribution in [0.3, 0.4) is 0 Å². The zero-order valence-corrected chi connectivity index (χ0v) is 11.2. The summed E-state index contributed by atoms with van der Waals surface area (Å²) in [4.78, 5) is 4.76. The lowest BCUT2D eigenvalue weighted by atomic mass is 9.98. The number of thiocarbonyl (C=S) groups is 1. The van der Waals surface area contributed by atoms with E-state index in [1.807, 2.05) is 12.1 Å². The Morgan fingerprint density at radius 1 is 1.33 bits per heavy atom. The highest BCUT2D eigenvalue weighted by Gasteiger charge is 2.40. The summed E-state index contributed by atoms with van der Waals surface area (Å²) in [6.07, 6.45) is 7.45. The van der Waals surface area contributed by atoms with E-state index in [1.165, 1.54) is 25.7 Å². The van der Waals surface area contributed by atoms with E-state index in [9.17, 15) is 0 Å². The molecule has 0 amide bonds. The molecule has 0 spiro atoms. The normalized spacial score (nSPS) is 18.9. The Morgan fingerprint density at radius 3 is 2.44 bits per heavy atom. The highest BCUT2D eigenvalue weighted by Crippen LogP contribution is 2.49. The SMILES string of the molecule is NC(=S)c1ccc(NCC(C2CC2)C2CC2)nc1. The van der Waals surface area contributed by atoms with Gasteiger partial charge in [0.2, 0.25) is 0 Å². The summed E-state index contributed by atoms with van der Waals surface area (Å²) >= 11 is 4.91. The number of nitrogens with zero attached hydrogens (tertiary/aromatic N) is 1. The molecule has 0 atom stereocenters. The van der Waals surface area contributed by atoms with E-state index in [2.05, 4.69) is 10.3 Å². The van der Waals surface area contributed by atoms with E-state index in [4.69, 9.17) is 18.0 Å². The van der Waals surface area contributed by atoms with Crippen molar-refractivity contribution >= 4 is 23.0 Å². The zero-order chi connectivity index (χ0) is 12.5. The molecular formula is C14H19N3S. The van der Waals surface area contributed by atoms with Crippen molar-refractivity contribution in [3.05, 3.63) is 23.9 Å². The predicted octanol–water partition coefficient (Wildman–Crippen LogP) is 2.56. The molecule has 2 aliphatic rings. The lowest BCUT2D eigenvalue weighted by molar-refractivity contribution is 0.427. The van der Waals surface area contributed by atoms with Crippen molar-refractivity contribution in [3.8, 4) is 0 Å². The second-order valence-electron chi connectivity index (χ2n) is 5.52. The number of hydrogen-bond acceptors (Lipinski definition) is 3. The van der Waals surface area contributed by atoms with E-state index < -0.39 is 0 Å². The molecule has 3 rings (SSSR count). The van der Waals surface area contributed by atoms with Crippen molar-refractivity contribution < 1.29 is 0 Å². The molecule has 0 aromatic carbocycles. The fourth-order valence-corrected chi connectivity index (χ4v) is 2.75. The van der Waals surface area contributed by atoms with Gasteiger partial charge in [-0.25, -0.2) is 4.98 Å². The number of pyridine rings is 1. The third-order valence-corrected chi connectivity index (χ3v) is 4.26. The van der Waals surface area contributed by atoms with Crippen LogP contribution in [0.4, 0.5) is 5.82 Å². The second-order valence-corrected chi connectivity index (χ2v) is 5.96. The maximum atomic E-state index is 5.55. The third-order valence-electron chi connectivity index (χ3n) is 4.02. The Hall–Kier alpha value is -1.16. The number of nitrogens with one attached hydrogen (secondary N) is 1. The van der Waals surface area contributed by atoms with E-state index in [1.54, 1.807) is 6.20 Å². The number of aromatic nitrogens is 1. The van der Waals surface area contributed by atoms with Gasteiger partial charge in [-0.3, -0.25) is 0 Å². The lowest BCUT2D eigenvalue weighted by Gasteiger charge is -2.16.